The summed E-state index contributed by atoms with van der Waals surface area (Å²) in [6.07, 6.45) is 1.38. The molecule has 1 N–H and O–H groups in total. The molecule has 0 spiro atoms. The summed E-state index contributed by atoms with van der Waals surface area (Å²) in [7, 11) is 3.44. The summed E-state index contributed by atoms with van der Waals surface area (Å²) in [6, 6.07) is 5.66. The molecule has 3 heterocycles. The lowest BCUT2D eigenvalue weighted by atomic mass is 10.2. The number of methoxy groups -OCH3 is 1. The first-order valence-electron chi connectivity index (χ1n) is 8.31. The third kappa shape index (κ3) is 3.33. The van der Waals surface area contributed by atoms with Crippen LogP contribution in [-0.4, -0.2) is 31.6 Å². The molecule has 4 rings (SSSR count). The van der Waals surface area contributed by atoms with Gasteiger partial charge in [0.05, 0.1) is 24.7 Å². The minimum Gasteiger partial charge on any atom is -0.496 e. The third-order valence-electron chi connectivity index (χ3n) is 4.24. The molecule has 3 aromatic heterocycles. The second-order valence-electron chi connectivity index (χ2n) is 6.01. The van der Waals surface area contributed by atoms with Gasteiger partial charge >= 0.3 is 0 Å². The maximum atomic E-state index is 11.9. The van der Waals surface area contributed by atoms with E-state index in [0.717, 1.165) is 21.5 Å². The molecule has 0 saturated carbocycles. The number of aromatic nitrogens is 5. The van der Waals surface area contributed by atoms with Gasteiger partial charge in [0.2, 0.25) is 5.89 Å². The molecule has 8 nitrogen and oxygen atoms in total. The van der Waals surface area contributed by atoms with E-state index in [-0.39, 0.29) is 5.56 Å². The fourth-order valence-electron chi connectivity index (χ4n) is 2.78. The minimum atomic E-state index is -0.255. The van der Waals surface area contributed by atoms with E-state index in [9.17, 15) is 4.79 Å². The Labute approximate surface area is 172 Å². The van der Waals surface area contributed by atoms with Crippen LogP contribution in [0.1, 0.15) is 11.5 Å². The van der Waals surface area contributed by atoms with Crippen LogP contribution in [0.15, 0.2) is 43.4 Å². The number of H-pyrrole nitrogens is 1. The van der Waals surface area contributed by atoms with Crippen LogP contribution in [0.2, 0.25) is 0 Å². The summed E-state index contributed by atoms with van der Waals surface area (Å²) < 4.78 is 14.0. The Morgan fingerprint density at radius 2 is 2.18 bits per heavy atom. The number of hydrogen-bond acceptors (Lipinski definition) is 7. The zero-order valence-corrected chi connectivity index (χ0v) is 17.7. The summed E-state index contributed by atoms with van der Waals surface area (Å²) in [5.74, 6) is 2.44. The highest BCUT2D eigenvalue weighted by Crippen LogP contribution is 2.34. The number of fused-ring (bicyclic) bond motifs is 1. The molecule has 0 fully saturated rings. The first-order valence-corrected chi connectivity index (χ1v) is 10.1. The van der Waals surface area contributed by atoms with E-state index in [2.05, 4.69) is 35.9 Å². The van der Waals surface area contributed by atoms with Gasteiger partial charge in [-0.2, -0.15) is 0 Å². The summed E-state index contributed by atoms with van der Waals surface area (Å²) in [6.45, 7) is 1.87. The summed E-state index contributed by atoms with van der Waals surface area (Å²) >= 11 is 4.93. The number of rotatable bonds is 5. The van der Waals surface area contributed by atoms with Crippen LogP contribution in [0.5, 0.6) is 5.75 Å². The van der Waals surface area contributed by atoms with Crippen LogP contribution >= 0.6 is 27.7 Å². The molecule has 0 bridgehead atoms. The van der Waals surface area contributed by atoms with Crippen molar-refractivity contribution in [2.24, 2.45) is 7.05 Å². The smallest absolute Gasteiger partial charge is 0.278 e. The lowest BCUT2D eigenvalue weighted by Gasteiger charge is -2.05. The zero-order valence-electron chi connectivity index (χ0n) is 15.3. The average molecular weight is 462 g/mol. The Morgan fingerprint density at radius 3 is 2.93 bits per heavy atom. The number of aryl methyl sites for hydroxylation is 2. The number of nitrogens with one attached hydrogen (secondary N) is 1. The molecule has 0 amide bonds. The number of thioether (sulfide) groups is 1. The molecular formula is C18H16BrN5O3S. The molecule has 28 heavy (non-hydrogen) atoms. The van der Waals surface area contributed by atoms with Crippen molar-refractivity contribution >= 4 is 38.9 Å². The highest BCUT2D eigenvalue weighted by molar-refractivity contribution is 9.10. The fourth-order valence-corrected chi connectivity index (χ4v) is 4.11. The van der Waals surface area contributed by atoms with Gasteiger partial charge in [-0.1, -0.05) is 27.7 Å². The van der Waals surface area contributed by atoms with Crippen LogP contribution in [0.4, 0.5) is 0 Å². The highest BCUT2D eigenvalue weighted by atomic mass is 79.9. The molecule has 0 aliphatic rings. The largest absolute Gasteiger partial charge is 0.496 e. The number of imidazole rings is 1. The van der Waals surface area contributed by atoms with Gasteiger partial charge in [-0.15, -0.1) is 0 Å². The number of aromatic amines is 1. The topological polar surface area (TPSA) is 98.8 Å². The molecule has 144 valence electrons. The van der Waals surface area contributed by atoms with Gasteiger partial charge in [0.15, 0.2) is 16.3 Å². The molecule has 0 aliphatic carbocycles. The van der Waals surface area contributed by atoms with Crippen molar-refractivity contribution < 1.29 is 9.15 Å². The van der Waals surface area contributed by atoms with E-state index in [4.69, 9.17) is 9.15 Å². The lowest BCUT2D eigenvalue weighted by Crippen LogP contribution is -2.06. The second-order valence-corrected chi connectivity index (χ2v) is 7.87. The van der Waals surface area contributed by atoms with Gasteiger partial charge in [-0.25, -0.2) is 15.0 Å². The number of halogens is 1. The monoisotopic (exact) mass is 461 g/mol. The van der Waals surface area contributed by atoms with Crippen molar-refractivity contribution in [3.8, 4) is 17.2 Å². The van der Waals surface area contributed by atoms with E-state index in [1.165, 1.54) is 18.1 Å². The molecule has 0 saturated heterocycles. The minimum absolute atomic E-state index is 0.255. The summed E-state index contributed by atoms with van der Waals surface area (Å²) in [4.78, 5) is 27.7. The maximum absolute atomic E-state index is 11.9. The van der Waals surface area contributed by atoms with Crippen molar-refractivity contribution in [1.29, 1.82) is 0 Å². The Morgan fingerprint density at radius 1 is 1.36 bits per heavy atom. The van der Waals surface area contributed by atoms with Crippen LogP contribution in [0, 0.1) is 6.92 Å². The SMILES string of the molecule is COc1ccc(Br)cc1-c1nc(CSc2nc3c(=O)[nH]cnc3n2C)c(C)o1. The van der Waals surface area contributed by atoms with E-state index >= 15 is 0 Å². The molecule has 0 atom stereocenters. The van der Waals surface area contributed by atoms with Gasteiger partial charge in [-0.05, 0) is 25.1 Å². The predicted octanol–water partition coefficient (Wildman–Crippen LogP) is 3.68. The van der Waals surface area contributed by atoms with Crippen LogP contribution in [0.25, 0.3) is 22.6 Å². The normalized spacial score (nSPS) is 11.3. The van der Waals surface area contributed by atoms with Crippen molar-refractivity contribution in [3.63, 3.8) is 0 Å². The van der Waals surface area contributed by atoms with Gasteiger partial charge < -0.3 is 18.7 Å². The van der Waals surface area contributed by atoms with Crippen LogP contribution in [-0.2, 0) is 12.8 Å². The number of benzene rings is 1. The summed E-state index contributed by atoms with van der Waals surface area (Å²) in [5.41, 5.74) is 2.19. The van der Waals surface area contributed by atoms with Crippen molar-refractivity contribution in [2.45, 2.75) is 17.8 Å². The Kier molecular flexibility index (Phi) is 4.98. The fraction of sp³-hybridized carbons (Fsp3) is 0.222. The van der Waals surface area contributed by atoms with Gasteiger partial charge in [0.1, 0.15) is 11.5 Å². The Hall–Kier alpha value is -2.59. The van der Waals surface area contributed by atoms with Crippen molar-refractivity contribution in [1.82, 2.24) is 24.5 Å². The molecule has 0 aliphatic heterocycles. The molecule has 1 aromatic carbocycles. The number of nitrogens with zero attached hydrogens (tertiary/aromatic N) is 4. The van der Waals surface area contributed by atoms with Crippen molar-refractivity contribution in [2.75, 3.05) is 7.11 Å². The van der Waals surface area contributed by atoms with Gasteiger partial charge in [0, 0.05) is 17.3 Å². The predicted molar refractivity (Wildman–Crippen MR) is 110 cm³/mol. The average Bonchev–Trinajstić information content (AvgIpc) is 3.21. The third-order valence-corrected chi connectivity index (χ3v) is 5.78. The zero-order chi connectivity index (χ0) is 19.8. The first kappa shape index (κ1) is 18.8. The maximum Gasteiger partial charge on any atom is 0.278 e. The van der Waals surface area contributed by atoms with Crippen LogP contribution in [0.3, 0.4) is 0 Å². The highest BCUT2D eigenvalue weighted by Gasteiger charge is 2.18. The Bertz CT molecular complexity index is 1230. The number of oxazole rings is 1. The van der Waals surface area contributed by atoms with Gasteiger partial charge in [-0.3, -0.25) is 4.79 Å². The van der Waals surface area contributed by atoms with Gasteiger partial charge in [0.25, 0.3) is 5.56 Å². The standard InChI is InChI=1S/C18H16BrN5O3S/c1-9-12(22-17(27-9)11-6-10(19)4-5-13(11)26-3)7-28-18-23-14-15(24(18)2)20-8-21-16(14)25/h4-6,8H,7H2,1-3H3,(H,20,21,25). The molecule has 10 heteroatoms. The molecule has 0 unspecified atom stereocenters. The first-order chi connectivity index (χ1) is 13.5. The quantitative estimate of drug-likeness (QED) is 0.452. The Balaban J connectivity index is 1.63. The lowest BCUT2D eigenvalue weighted by molar-refractivity contribution is 0.414. The molecular weight excluding hydrogens is 446 g/mol. The number of ether oxygens (including phenoxy) is 1. The summed E-state index contributed by atoms with van der Waals surface area (Å²) in [5, 5.41) is 0.684. The van der Waals surface area contributed by atoms with E-state index < -0.39 is 0 Å². The molecule has 0 radical (unpaired) electrons. The van der Waals surface area contributed by atoms with Crippen molar-refractivity contribution in [3.05, 3.63) is 50.8 Å². The van der Waals surface area contributed by atoms with Crippen LogP contribution < -0.4 is 10.3 Å². The van der Waals surface area contributed by atoms with E-state index in [0.29, 0.717) is 33.7 Å². The van der Waals surface area contributed by atoms with E-state index in [1.807, 2.05) is 32.2 Å². The second kappa shape index (κ2) is 7.44. The van der Waals surface area contributed by atoms with E-state index in [1.54, 1.807) is 11.7 Å². The number of hydrogen-bond donors (Lipinski definition) is 1. The molecule has 4 aromatic rings.